The van der Waals surface area contributed by atoms with Gasteiger partial charge in [-0.1, -0.05) is 39.2 Å². The van der Waals surface area contributed by atoms with E-state index in [9.17, 15) is 4.79 Å². The van der Waals surface area contributed by atoms with E-state index >= 15 is 0 Å². The zero-order valence-electron chi connectivity index (χ0n) is 15.1. The molecule has 0 aliphatic carbocycles. The second-order valence-electron chi connectivity index (χ2n) is 6.59. The van der Waals surface area contributed by atoms with Crippen molar-refractivity contribution in [1.82, 2.24) is 0 Å². The van der Waals surface area contributed by atoms with Crippen molar-refractivity contribution in [2.45, 2.75) is 53.9 Å². The van der Waals surface area contributed by atoms with Crippen LogP contribution in [0.25, 0.3) is 11.0 Å². The quantitative estimate of drug-likeness (QED) is 0.554. The second-order valence-corrected chi connectivity index (χ2v) is 7.44. The van der Waals surface area contributed by atoms with Gasteiger partial charge in [-0.05, 0) is 71.6 Å². The van der Waals surface area contributed by atoms with Crippen molar-refractivity contribution in [3.8, 4) is 0 Å². The molecule has 2 rings (SSSR count). The van der Waals surface area contributed by atoms with Crippen LogP contribution in [0.4, 0.5) is 0 Å². The fraction of sp³-hybridized carbons (Fsp3) is 0.381. The molecule has 0 N–H and O–H groups in total. The zero-order valence-corrected chi connectivity index (χ0v) is 16.7. The van der Waals surface area contributed by atoms with E-state index < -0.39 is 0 Å². The third-order valence-electron chi connectivity index (χ3n) is 4.32. The van der Waals surface area contributed by atoms with Gasteiger partial charge in [0.2, 0.25) is 0 Å². The molecule has 0 spiro atoms. The van der Waals surface area contributed by atoms with Crippen LogP contribution in [0.1, 0.15) is 50.5 Å². The molecule has 0 atom stereocenters. The Morgan fingerprint density at radius 1 is 1.17 bits per heavy atom. The van der Waals surface area contributed by atoms with Gasteiger partial charge in [-0.3, -0.25) is 4.79 Å². The molecule has 24 heavy (non-hydrogen) atoms. The molecule has 0 bridgehead atoms. The first-order valence-electron chi connectivity index (χ1n) is 8.31. The summed E-state index contributed by atoms with van der Waals surface area (Å²) in [6.07, 6.45) is 7.30. The molecule has 0 amide bonds. The fourth-order valence-electron chi connectivity index (χ4n) is 2.69. The number of benzene rings is 1. The average molecular weight is 389 g/mol. The van der Waals surface area contributed by atoms with Crippen LogP contribution in [0.2, 0.25) is 0 Å². The highest BCUT2D eigenvalue weighted by atomic mass is 79.9. The van der Waals surface area contributed by atoms with E-state index in [1.165, 1.54) is 11.1 Å². The fourth-order valence-corrected chi connectivity index (χ4v) is 3.18. The minimum absolute atomic E-state index is 0.0700. The van der Waals surface area contributed by atoms with Gasteiger partial charge in [0.1, 0.15) is 11.3 Å². The Kier molecular flexibility index (Phi) is 6.22. The summed E-state index contributed by atoms with van der Waals surface area (Å²) in [7, 11) is 0. The van der Waals surface area contributed by atoms with Crippen molar-refractivity contribution in [3.05, 3.63) is 67.0 Å². The topological polar surface area (TPSA) is 30.2 Å². The van der Waals surface area contributed by atoms with Gasteiger partial charge in [-0.15, -0.1) is 0 Å². The van der Waals surface area contributed by atoms with E-state index in [4.69, 9.17) is 4.42 Å². The molecule has 1 aromatic heterocycles. The van der Waals surface area contributed by atoms with Crippen molar-refractivity contribution in [1.29, 1.82) is 0 Å². The van der Waals surface area contributed by atoms with Crippen molar-refractivity contribution in [3.63, 3.8) is 0 Å². The summed E-state index contributed by atoms with van der Waals surface area (Å²) < 4.78 is 6.78. The van der Waals surface area contributed by atoms with Crippen LogP contribution in [0.3, 0.4) is 0 Å². The van der Waals surface area contributed by atoms with Gasteiger partial charge in [-0.25, -0.2) is 0 Å². The molecule has 2 aromatic rings. The first-order valence-corrected chi connectivity index (χ1v) is 9.11. The number of allylic oxidation sites excluding steroid dienone is 4. The molecular weight excluding hydrogens is 364 g/mol. The Bertz CT molecular complexity index is 866. The van der Waals surface area contributed by atoms with Crippen LogP contribution < -0.4 is 5.43 Å². The summed E-state index contributed by atoms with van der Waals surface area (Å²) in [6.45, 7) is 10.1. The number of hydrogen-bond donors (Lipinski definition) is 0. The number of aryl methyl sites for hydroxylation is 1. The Morgan fingerprint density at radius 3 is 2.54 bits per heavy atom. The molecule has 1 aromatic carbocycles. The number of fused-ring (bicyclic) bond motifs is 1. The highest BCUT2D eigenvalue weighted by Gasteiger charge is 2.13. The molecule has 0 unspecified atom stereocenters. The monoisotopic (exact) mass is 388 g/mol. The van der Waals surface area contributed by atoms with E-state index in [0.717, 1.165) is 29.3 Å². The van der Waals surface area contributed by atoms with Crippen LogP contribution in [0, 0.1) is 13.8 Å². The van der Waals surface area contributed by atoms with Gasteiger partial charge in [0.05, 0.1) is 5.39 Å². The van der Waals surface area contributed by atoms with Gasteiger partial charge in [0.15, 0.2) is 5.43 Å². The van der Waals surface area contributed by atoms with E-state index in [1.54, 1.807) is 0 Å². The molecule has 0 aliphatic rings. The Labute approximate surface area is 152 Å². The predicted molar refractivity (Wildman–Crippen MR) is 106 cm³/mol. The van der Waals surface area contributed by atoms with Gasteiger partial charge >= 0.3 is 0 Å². The Morgan fingerprint density at radius 2 is 1.88 bits per heavy atom. The maximum atomic E-state index is 12.7. The second kappa shape index (κ2) is 7.98. The lowest BCUT2D eigenvalue weighted by atomic mass is 10.0. The standard InChI is InChI=1S/C21H25BrO2/c1-13(2)7-6-8-14(3)9-10-17-18(22)11-12-19-20(17)21(23)15(4)16(5)24-19/h7,9,11-12H,6,8,10H2,1-5H3/b14-9+. The molecule has 3 heteroatoms. The van der Waals surface area contributed by atoms with E-state index in [-0.39, 0.29) is 5.43 Å². The SMILES string of the molecule is CC(C)=CCC/C(C)=C/Cc1c(Br)ccc2oc(C)c(C)c(=O)c12. The molecule has 0 radical (unpaired) electrons. The minimum Gasteiger partial charge on any atom is -0.461 e. The molecule has 0 saturated heterocycles. The van der Waals surface area contributed by atoms with Crippen LogP contribution in [-0.4, -0.2) is 0 Å². The number of halogens is 1. The van der Waals surface area contributed by atoms with E-state index in [0.29, 0.717) is 22.3 Å². The number of hydrogen-bond acceptors (Lipinski definition) is 2. The highest BCUT2D eigenvalue weighted by molar-refractivity contribution is 9.10. The van der Waals surface area contributed by atoms with Gasteiger partial charge in [0.25, 0.3) is 0 Å². The third kappa shape index (κ3) is 4.27. The molecule has 1 heterocycles. The lowest BCUT2D eigenvalue weighted by molar-refractivity contribution is 0.558. The molecule has 0 saturated carbocycles. The molecule has 0 fully saturated rings. The van der Waals surface area contributed by atoms with Crippen LogP contribution >= 0.6 is 15.9 Å². The lowest BCUT2D eigenvalue weighted by Crippen LogP contribution is -2.10. The summed E-state index contributed by atoms with van der Waals surface area (Å²) in [5, 5.41) is 0.695. The van der Waals surface area contributed by atoms with Crippen molar-refractivity contribution in [2.75, 3.05) is 0 Å². The van der Waals surface area contributed by atoms with Crippen molar-refractivity contribution < 1.29 is 4.42 Å². The summed E-state index contributed by atoms with van der Waals surface area (Å²) >= 11 is 3.60. The van der Waals surface area contributed by atoms with Gasteiger partial charge < -0.3 is 4.42 Å². The number of rotatable bonds is 5. The van der Waals surface area contributed by atoms with Crippen LogP contribution in [-0.2, 0) is 6.42 Å². The highest BCUT2D eigenvalue weighted by Crippen LogP contribution is 2.27. The Balaban J connectivity index is 2.38. The average Bonchev–Trinajstić information content (AvgIpc) is 2.52. The summed E-state index contributed by atoms with van der Waals surface area (Å²) in [5.41, 5.74) is 5.11. The molecule has 128 valence electrons. The van der Waals surface area contributed by atoms with E-state index in [2.05, 4.69) is 48.9 Å². The zero-order chi connectivity index (χ0) is 17.9. The van der Waals surface area contributed by atoms with Crippen molar-refractivity contribution >= 4 is 26.9 Å². The summed E-state index contributed by atoms with van der Waals surface area (Å²) in [5.74, 6) is 0.689. The maximum absolute atomic E-state index is 12.7. The molecule has 0 aliphatic heterocycles. The minimum atomic E-state index is 0.0700. The normalized spacial score (nSPS) is 11.8. The Hall–Kier alpha value is -1.61. The van der Waals surface area contributed by atoms with Crippen LogP contribution in [0.5, 0.6) is 0 Å². The largest absolute Gasteiger partial charge is 0.461 e. The first-order chi connectivity index (χ1) is 11.3. The van der Waals surface area contributed by atoms with E-state index in [1.807, 2.05) is 26.0 Å². The van der Waals surface area contributed by atoms with Gasteiger partial charge in [-0.2, -0.15) is 0 Å². The predicted octanol–water partition coefficient (Wildman–Crippen LogP) is 6.41. The molecule has 2 nitrogen and oxygen atoms in total. The smallest absolute Gasteiger partial charge is 0.196 e. The third-order valence-corrected chi connectivity index (χ3v) is 5.07. The van der Waals surface area contributed by atoms with Crippen molar-refractivity contribution in [2.24, 2.45) is 0 Å². The van der Waals surface area contributed by atoms with Gasteiger partial charge in [0, 0.05) is 10.0 Å². The van der Waals surface area contributed by atoms with Crippen LogP contribution in [0.15, 0.2) is 49.1 Å². The first kappa shape index (κ1) is 18.7. The summed E-state index contributed by atoms with van der Waals surface area (Å²) in [6, 6.07) is 3.82. The summed E-state index contributed by atoms with van der Waals surface area (Å²) in [4.78, 5) is 12.7. The lowest BCUT2D eigenvalue weighted by Gasteiger charge is -2.09. The maximum Gasteiger partial charge on any atom is 0.196 e. The molecular formula is C21H25BrO2.